The van der Waals surface area contributed by atoms with Crippen LogP contribution in [0.4, 0.5) is 0 Å². The van der Waals surface area contributed by atoms with Crippen LogP contribution in [0.25, 0.3) is 0 Å². The van der Waals surface area contributed by atoms with Crippen LogP contribution in [0.1, 0.15) is 99.9 Å². The van der Waals surface area contributed by atoms with Crippen LogP contribution in [0.5, 0.6) is 5.75 Å². The van der Waals surface area contributed by atoms with Gasteiger partial charge in [0.15, 0.2) is 0 Å². The van der Waals surface area contributed by atoms with E-state index in [1.807, 2.05) is 0 Å². The van der Waals surface area contributed by atoms with Gasteiger partial charge in [-0.15, -0.1) is 0 Å². The molecular weight excluding hydrogens is 502 g/mol. The van der Waals surface area contributed by atoms with Crippen LogP contribution in [0.2, 0.25) is 5.02 Å². The number of hydrazone groups is 1. The summed E-state index contributed by atoms with van der Waals surface area (Å²) >= 11 is 6.02. The van der Waals surface area contributed by atoms with Crippen molar-refractivity contribution >= 4 is 35.6 Å². The minimum Gasteiger partial charge on any atom is -0.423 e. The van der Waals surface area contributed by atoms with E-state index in [1.165, 1.54) is 57.6 Å². The first kappa shape index (κ1) is 31.0. The molecule has 0 atom stereocenters. The lowest BCUT2D eigenvalue weighted by Crippen LogP contribution is -2.34. The van der Waals surface area contributed by atoms with E-state index in [0.29, 0.717) is 22.8 Å². The van der Waals surface area contributed by atoms with E-state index < -0.39 is 11.9 Å². The molecule has 8 heteroatoms. The fourth-order valence-corrected chi connectivity index (χ4v) is 4.06. The summed E-state index contributed by atoms with van der Waals surface area (Å²) in [5.74, 6) is -0.716. The zero-order valence-corrected chi connectivity index (χ0v) is 23.1. The number of rotatable bonds is 18. The predicted molar refractivity (Wildman–Crippen MR) is 153 cm³/mol. The Morgan fingerprint density at radius 3 is 2.05 bits per heavy atom. The van der Waals surface area contributed by atoms with Crippen molar-refractivity contribution in [1.82, 2.24) is 10.7 Å². The molecule has 0 aliphatic carbocycles. The average molecular weight is 542 g/mol. The van der Waals surface area contributed by atoms with Gasteiger partial charge >= 0.3 is 5.97 Å². The summed E-state index contributed by atoms with van der Waals surface area (Å²) in [4.78, 5) is 36.1. The number of unbranched alkanes of at least 4 members (excludes halogenated alkanes) is 10. The SMILES string of the molecule is CCCCCCCCCCCCCC(=O)NCC(=O)N/N=C\c1ccc(OC(=O)c2ccccc2Cl)cc1. The van der Waals surface area contributed by atoms with Crippen LogP contribution in [0.15, 0.2) is 53.6 Å². The lowest BCUT2D eigenvalue weighted by atomic mass is 10.1. The van der Waals surface area contributed by atoms with Crippen molar-refractivity contribution < 1.29 is 19.1 Å². The zero-order valence-electron chi connectivity index (χ0n) is 22.3. The normalized spacial score (nSPS) is 10.9. The molecule has 206 valence electrons. The molecule has 0 heterocycles. The van der Waals surface area contributed by atoms with Gasteiger partial charge in [0, 0.05) is 6.42 Å². The van der Waals surface area contributed by atoms with Gasteiger partial charge in [-0.05, 0) is 48.4 Å². The molecule has 2 N–H and O–H groups in total. The minimum atomic E-state index is -0.546. The van der Waals surface area contributed by atoms with Crippen LogP contribution in [-0.2, 0) is 9.59 Å². The second kappa shape index (κ2) is 19.0. The highest BCUT2D eigenvalue weighted by molar-refractivity contribution is 6.33. The smallest absolute Gasteiger partial charge is 0.345 e. The number of carbonyl (C=O) groups excluding carboxylic acids is 3. The van der Waals surface area contributed by atoms with Gasteiger partial charge in [-0.2, -0.15) is 5.10 Å². The molecule has 0 spiro atoms. The maximum atomic E-state index is 12.2. The van der Waals surface area contributed by atoms with Crippen molar-refractivity contribution in [2.75, 3.05) is 6.54 Å². The molecule has 0 unspecified atom stereocenters. The molecule has 0 aromatic heterocycles. The van der Waals surface area contributed by atoms with Gasteiger partial charge < -0.3 is 10.1 Å². The Kier molecular flexibility index (Phi) is 15.5. The number of esters is 1. The number of hydrogen-bond acceptors (Lipinski definition) is 5. The fraction of sp³-hybridized carbons (Fsp3) is 0.467. The van der Waals surface area contributed by atoms with Crippen LogP contribution in [0, 0.1) is 0 Å². The summed E-state index contributed by atoms with van der Waals surface area (Å²) in [6, 6.07) is 13.3. The summed E-state index contributed by atoms with van der Waals surface area (Å²) in [6.45, 7) is 2.12. The number of nitrogens with zero attached hydrogens (tertiary/aromatic N) is 1. The van der Waals surface area contributed by atoms with Gasteiger partial charge in [0.2, 0.25) is 5.91 Å². The monoisotopic (exact) mass is 541 g/mol. The molecule has 2 aromatic carbocycles. The molecule has 2 rings (SSSR count). The fourth-order valence-electron chi connectivity index (χ4n) is 3.85. The molecule has 7 nitrogen and oxygen atoms in total. The molecule has 0 saturated carbocycles. The standard InChI is InChI=1S/C30H40ClN3O4/c1-2-3-4-5-6-7-8-9-10-11-12-17-28(35)32-23-29(36)34-33-22-24-18-20-25(21-19-24)38-30(37)26-15-13-14-16-27(26)31/h13-16,18-22H,2-12,17,23H2,1H3,(H,32,35)(H,34,36)/b33-22-. The van der Waals surface area contributed by atoms with E-state index in [-0.39, 0.29) is 18.0 Å². The summed E-state index contributed by atoms with van der Waals surface area (Å²) in [7, 11) is 0. The van der Waals surface area contributed by atoms with Gasteiger partial charge in [0.05, 0.1) is 23.3 Å². The summed E-state index contributed by atoms with van der Waals surface area (Å²) < 4.78 is 5.33. The van der Waals surface area contributed by atoms with Crippen molar-refractivity contribution in [3.05, 3.63) is 64.7 Å². The lowest BCUT2D eigenvalue weighted by molar-refractivity contribution is -0.126. The number of benzene rings is 2. The van der Waals surface area contributed by atoms with Gasteiger partial charge in [-0.3, -0.25) is 9.59 Å². The Morgan fingerprint density at radius 1 is 0.816 bits per heavy atom. The number of halogens is 1. The van der Waals surface area contributed by atoms with Crippen LogP contribution < -0.4 is 15.5 Å². The van der Waals surface area contributed by atoms with E-state index in [4.69, 9.17) is 16.3 Å². The Labute approximate surface area is 231 Å². The summed E-state index contributed by atoms with van der Waals surface area (Å²) in [6.07, 6.45) is 15.4. The third-order valence-electron chi connectivity index (χ3n) is 6.04. The molecule has 0 fully saturated rings. The van der Waals surface area contributed by atoms with Crippen molar-refractivity contribution in [1.29, 1.82) is 0 Å². The second-order valence-electron chi connectivity index (χ2n) is 9.29. The Morgan fingerprint density at radius 2 is 1.42 bits per heavy atom. The number of ether oxygens (including phenoxy) is 1. The molecule has 0 aliphatic heterocycles. The molecule has 0 aliphatic rings. The first-order valence-corrected chi connectivity index (χ1v) is 14.0. The maximum Gasteiger partial charge on any atom is 0.345 e. The Balaban J connectivity index is 1.54. The van der Waals surface area contributed by atoms with Gasteiger partial charge in [0.1, 0.15) is 5.75 Å². The number of nitrogens with one attached hydrogen (secondary N) is 2. The number of hydrogen-bond donors (Lipinski definition) is 2. The number of amides is 2. The van der Waals surface area contributed by atoms with Crippen LogP contribution >= 0.6 is 11.6 Å². The lowest BCUT2D eigenvalue weighted by Gasteiger charge is -2.06. The van der Waals surface area contributed by atoms with Crippen molar-refractivity contribution in [3.8, 4) is 5.75 Å². The first-order valence-electron chi connectivity index (χ1n) is 13.6. The minimum absolute atomic E-state index is 0.120. The second-order valence-corrected chi connectivity index (χ2v) is 9.70. The molecule has 0 saturated heterocycles. The molecular formula is C30H40ClN3O4. The highest BCUT2D eigenvalue weighted by atomic mass is 35.5. The van der Waals surface area contributed by atoms with Gasteiger partial charge in [0.25, 0.3) is 5.91 Å². The molecule has 0 radical (unpaired) electrons. The quantitative estimate of drug-likeness (QED) is 0.0710. The predicted octanol–water partition coefficient (Wildman–Crippen LogP) is 6.83. The van der Waals surface area contributed by atoms with Crippen LogP contribution in [0.3, 0.4) is 0 Å². The highest BCUT2D eigenvalue weighted by Crippen LogP contribution is 2.19. The zero-order chi connectivity index (χ0) is 27.4. The summed E-state index contributed by atoms with van der Waals surface area (Å²) in [5, 5.41) is 6.85. The van der Waals surface area contributed by atoms with Crippen molar-refractivity contribution in [2.24, 2.45) is 5.10 Å². The van der Waals surface area contributed by atoms with Gasteiger partial charge in [-0.25, -0.2) is 10.2 Å². The van der Waals surface area contributed by atoms with Crippen molar-refractivity contribution in [2.45, 2.75) is 84.0 Å². The highest BCUT2D eigenvalue weighted by Gasteiger charge is 2.12. The molecule has 38 heavy (non-hydrogen) atoms. The van der Waals surface area contributed by atoms with Gasteiger partial charge in [-0.1, -0.05) is 94.9 Å². The largest absolute Gasteiger partial charge is 0.423 e. The van der Waals surface area contributed by atoms with E-state index in [1.54, 1.807) is 48.5 Å². The third kappa shape index (κ3) is 13.4. The van der Waals surface area contributed by atoms with E-state index in [2.05, 4.69) is 22.8 Å². The third-order valence-corrected chi connectivity index (χ3v) is 6.37. The first-order chi connectivity index (χ1) is 18.5. The number of carbonyl (C=O) groups is 3. The molecule has 2 amide bonds. The summed E-state index contributed by atoms with van der Waals surface area (Å²) in [5.41, 5.74) is 3.37. The maximum absolute atomic E-state index is 12.2. The van der Waals surface area contributed by atoms with E-state index in [0.717, 1.165) is 19.3 Å². The van der Waals surface area contributed by atoms with E-state index in [9.17, 15) is 14.4 Å². The Hall–Kier alpha value is -3.19. The van der Waals surface area contributed by atoms with Crippen molar-refractivity contribution in [3.63, 3.8) is 0 Å². The van der Waals surface area contributed by atoms with E-state index >= 15 is 0 Å². The Bertz CT molecular complexity index is 1020. The molecule has 0 bridgehead atoms. The topological polar surface area (TPSA) is 96.9 Å². The average Bonchev–Trinajstić information content (AvgIpc) is 2.91. The van der Waals surface area contributed by atoms with Crippen LogP contribution in [-0.4, -0.2) is 30.5 Å². The molecule has 2 aromatic rings.